The van der Waals surface area contributed by atoms with Crippen molar-refractivity contribution in [3.63, 3.8) is 0 Å². The van der Waals surface area contributed by atoms with Crippen LogP contribution in [0.1, 0.15) is 19.8 Å². The molecular weight excluding hydrogens is 503 g/mol. The zero-order valence-electron chi connectivity index (χ0n) is 16.0. The number of carbonyl (C=O) groups excluding carboxylic acids is 2. The quantitative estimate of drug-likeness (QED) is 0.313. The van der Waals surface area contributed by atoms with Crippen LogP contribution in [0.15, 0.2) is 60.2 Å². The molecule has 3 rings (SSSR count). The molecule has 5 nitrogen and oxygen atoms in total. The molecule has 1 amide bonds. The number of hydrogen-bond donors (Lipinski definition) is 1. The molecule has 1 saturated heterocycles. The van der Waals surface area contributed by atoms with Crippen LogP contribution in [-0.2, 0) is 14.3 Å². The third kappa shape index (κ3) is 5.51. The number of benzene rings is 2. The van der Waals surface area contributed by atoms with E-state index in [0.29, 0.717) is 36.6 Å². The Morgan fingerprint density at radius 2 is 2.07 bits per heavy atom. The van der Waals surface area contributed by atoms with E-state index in [-0.39, 0.29) is 11.9 Å². The summed E-state index contributed by atoms with van der Waals surface area (Å²) >= 11 is 8.28. The van der Waals surface area contributed by atoms with Crippen LogP contribution < -0.4 is 10.2 Å². The lowest BCUT2D eigenvalue weighted by molar-refractivity contribution is -0.144. The van der Waals surface area contributed by atoms with E-state index in [0.717, 1.165) is 14.9 Å². The van der Waals surface area contributed by atoms with Crippen molar-refractivity contribution in [2.24, 2.45) is 0 Å². The van der Waals surface area contributed by atoms with Gasteiger partial charge >= 0.3 is 5.97 Å². The fourth-order valence-corrected chi connectivity index (χ4v) is 3.83. The second-order valence-electron chi connectivity index (χ2n) is 6.58. The van der Waals surface area contributed by atoms with Crippen LogP contribution in [0.2, 0.25) is 5.02 Å². The minimum absolute atomic E-state index is 0.0175. The van der Waals surface area contributed by atoms with Gasteiger partial charge in [0, 0.05) is 32.1 Å². The van der Waals surface area contributed by atoms with E-state index in [1.54, 1.807) is 24.0 Å². The lowest BCUT2D eigenvalue weighted by Crippen LogP contribution is -2.31. The molecule has 1 fully saturated rings. The van der Waals surface area contributed by atoms with Gasteiger partial charge in [0.2, 0.25) is 0 Å². The first kappa shape index (κ1) is 21.6. The summed E-state index contributed by atoms with van der Waals surface area (Å²) < 4.78 is 6.16. The highest BCUT2D eigenvalue weighted by atomic mass is 127. The zero-order chi connectivity index (χ0) is 20.8. The van der Waals surface area contributed by atoms with E-state index in [9.17, 15) is 9.59 Å². The Morgan fingerprint density at radius 1 is 1.31 bits per heavy atom. The van der Waals surface area contributed by atoms with E-state index in [4.69, 9.17) is 16.3 Å². The van der Waals surface area contributed by atoms with Crippen molar-refractivity contribution in [1.82, 2.24) is 0 Å². The van der Waals surface area contributed by atoms with Crippen LogP contribution in [-0.4, -0.2) is 31.1 Å². The molecule has 0 saturated carbocycles. The van der Waals surface area contributed by atoms with Crippen LogP contribution in [0.5, 0.6) is 0 Å². The highest BCUT2D eigenvalue weighted by molar-refractivity contribution is 14.1. The maximum atomic E-state index is 12.8. The summed E-state index contributed by atoms with van der Waals surface area (Å²) in [5, 5.41) is 3.80. The summed E-state index contributed by atoms with van der Waals surface area (Å²) in [6, 6.07) is 14.4. The first-order valence-electron chi connectivity index (χ1n) is 9.43. The summed E-state index contributed by atoms with van der Waals surface area (Å²) in [5.74, 6) is -0.373. The van der Waals surface area contributed by atoms with Gasteiger partial charge in [-0.1, -0.05) is 35.9 Å². The summed E-state index contributed by atoms with van der Waals surface area (Å²) in [7, 11) is 0. The number of halogens is 2. The molecule has 0 aromatic heterocycles. The number of ether oxygens (including phenoxy) is 1. The maximum Gasteiger partial charge on any atom is 0.328 e. The van der Waals surface area contributed by atoms with Crippen LogP contribution in [0.4, 0.5) is 11.4 Å². The molecule has 1 atom stereocenters. The van der Waals surface area contributed by atoms with E-state index < -0.39 is 6.04 Å². The molecule has 0 bridgehead atoms. The molecule has 0 radical (unpaired) electrons. The molecule has 1 aliphatic heterocycles. The molecule has 2 aromatic rings. The number of amides is 1. The van der Waals surface area contributed by atoms with Crippen molar-refractivity contribution in [1.29, 1.82) is 0 Å². The first-order chi connectivity index (χ1) is 14.0. The SMILES string of the molecule is CCOC(=O)C(C/C=C1/CCN(c2ccccc2)C1=O)Nc1cc(Cl)ccc1I. The Bertz CT molecular complexity index is 918. The van der Waals surface area contributed by atoms with Crippen molar-refractivity contribution < 1.29 is 14.3 Å². The summed E-state index contributed by atoms with van der Waals surface area (Å²) in [5.41, 5.74) is 2.36. The Kier molecular flexibility index (Phi) is 7.55. The van der Waals surface area contributed by atoms with E-state index in [1.165, 1.54) is 0 Å². The monoisotopic (exact) mass is 524 g/mol. The van der Waals surface area contributed by atoms with Gasteiger partial charge in [-0.3, -0.25) is 4.79 Å². The highest BCUT2D eigenvalue weighted by Gasteiger charge is 2.28. The third-order valence-corrected chi connectivity index (χ3v) is 5.80. The van der Waals surface area contributed by atoms with Gasteiger partial charge in [0.1, 0.15) is 6.04 Å². The molecule has 1 heterocycles. The molecule has 1 aliphatic rings. The van der Waals surface area contributed by atoms with Crippen LogP contribution >= 0.6 is 34.2 Å². The van der Waals surface area contributed by atoms with Gasteiger partial charge in [-0.15, -0.1) is 0 Å². The first-order valence-corrected chi connectivity index (χ1v) is 10.9. The summed E-state index contributed by atoms with van der Waals surface area (Å²) in [6.07, 6.45) is 2.85. The number of esters is 1. The number of nitrogens with zero attached hydrogens (tertiary/aromatic N) is 1. The molecule has 1 N–H and O–H groups in total. The van der Waals surface area contributed by atoms with Gasteiger partial charge in [0.05, 0.1) is 6.61 Å². The Hall–Kier alpha value is -2.06. The number of hydrogen-bond acceptors (Lipinski definition) is 4. The Balaban J connectivity index is 1.75. The number of rotatable bonds is 7. The fraction of sp³-hybridized carbons (Fsp3) is 0.273. The van der Waals surface area contributed by atoms with Gasteiger partial charge < -0.3 is 15.0 Å². The van der Waals surface area contributed by atoms with Gasteiger partial charge in [0.15, 0.2) is 0 Å². The van der Waals surface area contributed by atoms with Crippen molar-refractivity contribution >= 4 is 57.4 Å². The fourth-order valence-electron chi connectivity index (χ4n) is 3.17. The summed E-state index contributed by atoms with van der Waals surface area (Å²) in [4.78, 5) is 27.0. The van der Waals surface area contributed by atoms with Crippen LogP contribution in [0.3, 0.4) is 0 Å². The average Bonchev–Trinajstić information content (AvgIpc) is 3.09. The largest absolute Gasteiger partial charge is 0.464 e. The predicted molar refractivity (Wildman–Crippen MR) is 124 cm³/mol. The molecule has 0 spiro atoms. The molecule has 29 heavy (non-hydrogen) atoms. The molecule has 2 aromatic carbocycles. The molecule has 7 heteroatoms. The molecular formula is C22H22ClIN2O3. The zero-order valence-corrected chi connectivity index (χ0v) is 18.9. The third-order valence-electron chi connectivity index (χ3n) is 4.62. The van der Waals surface area contributed by atoms with Crippen molar-refractivity contribution in [3.05, 3.63) is 68.8 Å². The van der Waals surface area contributed by atoms with Gasteiger partial charge in [-0.25, -0.2) is 4.79 Å². The van der Waals surface area contributed by atoms with Gasteiger partial charge in [-0.05, 0) is 72.7 Å². The van der Waals surface area contributed by atoms with Crippen molar-refractivity contribution in [2.45, 2.75) is 25.8 Å². The molecule has 0 aliphatic carbocycles. The second kappa shape index (κ2) is 10.1. The van der Waals surface area contributed by atoms with E-state index in [2.05, 4.69) is 27.9 Å². The smallest absolute Gasteiger partial charge is 0.328 e. The highest BCUT2D eigenvalue weighted by Crippen LogP contribution is 2.27. The van der Waals surface area contributed by atoms with Crippen molar-refractivity contribution in [3.8, 4) is 0 Å². The van der Waals surface area contributed by atoms with Crippen molar-refractivity contribution in [2.75, 3.05) is 23.4 Å². The molecule has 152 valence electrons. The number of nitrogens with one attached hydrogen (secondary N) is 1. The number of carbonyl (C=O) groups is 2. The Labute approximate surface area is 189 Å². The topological polar surface area (TPSA) is 58.6 Å². The Morgan fingerprint density at radius 3 is 2.79 bits per heavy atom. The number of para-hydroxylation sites is 1. The van der Waals surface area contributed by atoms with E-state index >= 15 is 0 Å². The lowest BCUT2D eigenvalue weighted by atomic mass is 10.1. The normalized spacial score (nSPS) is 16.2. The number of anilines is 2. The molecule has 1 unspecified atom stereocenters. The van der Waals surface area contributed by atoms with Crippen LogP contribution in [0, 0.1) is 3.57 Å². The second-order valence-corrected chi connectivity index (χ2v) is 8.18. The standard InChI is InChI=1S/C22H22ClIN2O3/c1-2-29-22(28)19(25-20-14-16(23)9-10-18(20)24)11-8-15-12-13-26(21(15)27)17-6-4-3-5-7-17/h3-10,14,19,25H,2,11-13H2,1H3/b15-8-. The average molecular weight is 525 g/mol. The maximum absolute atomic E-state index is 12.8. The lowest BCUT2D eigenvalue weighted by Gasteiger charge is -2.18. The minimum atomic E-state index is -0.604. The van der Waals surface area contributed by atoms with Gasteiger partial charge in [-0.2, -0.15) is 0 Å². The van der Waals surface area contributed by atoms with Gasteiger partial charge in [0.25, 0.3) is 5.91 Å². The minimum Gasteiger partial charge on any atom is -0.464 e. The van der Waals surface area contributed by atoms with Crippen LogP contribution in [0.25, 0.3) is 0 Å². The van der Waals surface area contributed by atoms with E-state index in [1.807, 2.05) is 42.5 Å². The predicted octanol–water partition coefficient (Wildman–Crippen LogP) is 5.04. The summed E-state index contributed by atoms with van der Waals surface area (Å²) in [6.45, 7) is 2.70.